The van der Waals surface area contributed by atoms with Crippen molar-refractivity contribution in [3.63, 3.8) is 0 Å². The molecule has 0 amide bonds. The van der Waals surface area contributed by atoms with Crippen molar-refractivity contribution in [1.29, 1.82) is 5.26 Å². The molecule has 6 nitrogen and oxygen atoms in total. The van der Waals surface area contributed by atoms with E-state index in [0.29, 0.717) is 39.2 Å². The van der Waals surface area contributed by atoms with Gasteiger partial charge in [0.25, 0.3) is 0 Å². The molecule has 0 bridgehead atoms. The first-order valence-corrected chi connectivity index (χ1v) is 14.2. The highest BCUT2D eigenvalue weighted by Crippen LogP contribution is 2.52. The Kier molecular flexibility index (Phi) is 7.08. The van der Waals surface area contributed by atoms with Gasteiger partial charge in [-0.2, -0.15) is 5.26 Å². The summed E-state index contributed by atoms with van der Waals surface area (Å²) in [6, 6.07) is 17.6. The second-order valence-electron chi connectivity index (χ2n) is 9.75. The van der Waals surface area contributed by atoms with Gasteiger partial charge in [0.05, 0.1) is 27.6 Å². The molecule has 2 aromatic carbocycles. The molecule has 0 fully saturated rings. The van der Waals surface area contributed by atoms with Crippen molar-refractivity contribution in [2.45, 2.75) is 42.7 Å². The Morgan fingerprint density at radius 1 is 1.16 bits per heavy atom. The van der Waals surface area contributed by atoms with Crippen LogP contribution in [0.1, 0.15) is 43.7 Å². The molecule has 188 valence electrons. The summed E-state index contributed by atoms with van der Waals surface area (Å²) >= 11 is 15.9. The van der Waals surface area contributed by atoms with Crippen molar-refractivity contribution in [2.75, 3.05) is 4.90 Å². The lowest BCUT2D eigenvalue weighted by Crippen LogP contribution is -2.42. The molecule has 0 spiro atoms. The molecule has 1 aliphatic heterocycles. The van der Waals surface area contributed by atoms with Crippen molar-refractivity contribution >= 4 is 57.2 Å². The quantitative estimate of drug-likeness (QED) is 0.329. The highest BCUT2D eigenvalue weighted by Gasteiger charge is 2.46. The summed E-state index contributed by atoms with van der Waals surface area (Å²) in [6.07, 6.45) is 0.926. The Morgan fingerprint density at radius 2 is 1.92 bits per heavy atom. The number of aromatic nitrogens is 2. The minimum absolute atomic E-state index is 0.0410. The first kappa shape index (κ1) is 25.8. The van der Waals surface area contributed by atoms with Gasteiger partial charge in [-0.25, -0.2) is 0 Å². The Morgan fingerprint density at radius 3 is 2.65 bits per heavy atom. The van der Waals surface area contributed by atoms with Gasteiger partial charge in [0.15, 0.2) is 10.1 Å². The van der Waals surface area contributed by atoms with Crippen LogP contribution in [0.3, 0.4) is 0 Å². The molecule has 0 saturated carbocycles. The average Bonchev–Trinajstić information content (AvgIpc) is 3.32. The van der Waals surface area contributed by atoms with Gasteiger partial charge >= 0.3 is 0 Å². The Hall–Kier alpha value is -2.83. The van der Waals surface area contributed by atoms with E-state index in [1.54, 1.807) is 34.9 Å². The maximum Gasteiger partial charge on any atom is 0.219 e. The molecule has 10 heteroatoms. The van der Waals surface area contributed by atoms with E-state index < -0.39 is 5.92 Å². The van der Waals surface area contributed by atoms with Gasteiger partial charge < -0.3 is 5.73 Å². The Balaban J connectivity index is 1.61. The molecule has 1 atom stereocenters. The largest absolute Gasteiger partial charge is 0.384 e. The lowest BCUT2D eigenvalue weighted by molar-refractivity contribution is -0.118. The second kappa shape index (κ2) is 10.1. The number of thioether (sulfide) groups is 1. The van der Waals surface area contributed by atoms with Crippen molar-refractivity contribution < 1.29 is 4.79 Å². The first-order valence-electron chi connectivity index (χ1n) is 11.6. The number of nitrogens with zero attached hydrogens (tertiary/aromatic N) is 4. The third kappa shape index (κ3) is 4.89. The number of hydrogen-bond acceptors (Lipinski definition) is 8. The minimum atomic E-state index is -0.703. The first-order chi connectivity index (χ1) is 17.7. The predicted molar refractivity (Wildman–Crippen MR) is 149 cm³/mol. The number of Topliss-reactive ketones (excluding diaryl/α,β-unsaturated/α-hetero) is 1. The zero-order valence-electron chi connectivity index (χ0n) is 20.2. The van der Waals surface area contributed by atoms with Crippen molar-refractivity contribution in [3.8, 4) is 6.07 Å². The number of ketones is 1. The lowest BCUT2D eigenvalue weighted by atomic mass is 9.68. The normalized spacial score (nSPS) is 19.2. The summed E-state index contributed by atoms with van der Waals surface area (Å²) in [6.45, 7) is 4.10. The third-order valence-corrected chi connectivity index (χ3v) is 9.41. The molecular weight excluding hydrogens is 545 g/mol. The van der Waals surface area contributed by atoms with Crippen LogP contribution in [-0.4, -0.2) is 16.0 Å². The van der Waals surface area contributed by atoms with Gasteiger partial charge in [-0.05, 0) is 29.0 Å². The average molecular weight is 569 g/mol. The summed E-state index contributed by atoms with van der Waals surface area (Å²) in [4.78, 5) is 15.4. The van der Waals surface area contributed by atoms with Crippen LogP contribution in [0.2, 0.25) is 10.0 Å². The lowest BCUT2D eigenvalue weighted by Gasteiger charge is -2.42. The molecule has 2 aliphatic rings. The summed E-state index contributed by atoms with van der Waals surface area (Å²) < 4.78 is 0.772. The number of nitriles is 1. The molecule has 1 unspecified atom stereocenters. The topological polar surface area (TPSA) is 95.9 Å². The number of hydrogen-bond donors (Lipinski definition) is 1. The molecule has 0 saturated heterocycles. The van der Waals surface area contributed by atoms with E-state index >= 15 is 0 Å². The van der Waals surface area contributed by atoms with Gasteiger partial charge in [-0.3, -0.25) is 9.69 Å². The van der Waals surface area contributed by atoms with E-state index in [4.69, 9.17) is 28.9 Å². The molecule has 1 aliphatic carbocycles. The summed E-state index contributed by atoms with van der Waals surface area (Å²) in [5.74, 6) is 0.231. The van der Waals surface area contributed by atoms with E-state index in [-0.39, 0.29) is 22.6 Å². The van der Waals surface area contributed by atoms with Gasteiger partial charge in [0.1, 0.15) is 5.82 Å². The zero-order chi connectivity index (χ0) is 26.3. The highest BCUT2D eigenvalue weighted by molar-refractivity contribution is 8.00. The zero-order valence-corrected chi connectivity index (χ0v) is 23.3. The van der Waals surface area contributed by atoms with Crippen LogP contribution in [0.15, 0.2) is 75.5 Å². The molecule has 2 heterocycles. The van der Waals surface area contributed by atoms with Crippen LogP contribution >= 0.6 is 46.3 Å². The Labute approximate surface area is 233 Å². The van der Waals surface area contributed by atoms with Gasteiger partial charge in [-0.15, -0.1) is 10.2 Å². The molecule has 0 radical (unpaired) electrons. The molecule has 37 heavy (non-hydrogen) atoms. The predicted octanol–water partition coefficient (Wildman–Crippen LogP) is 7.08. The van der Waals surface area contributed by atoms with E-state index in [1.165, 1.54) is 16.9 Å². The number of carbonyl (C=O) groups is 1. The van der Waals surface area contributed by atoms with E-state index in [0.717, 1.165) is 15.8 Å². The smallest absolute Gasteiger partial charge is 0.219 e. The monoisotopic (exact) mass is 567 g/mol. The standard InChI is InChI=1S/C27H23Cl2N5OS2/c1-27(2)11-19-22(20(35)12-27)21(16-9-6-10-18(28)23(16)29)17(13-30)24(31)34(19)25-32-33-26(37-25)36-14-15-7-4-3-5-8-15/h3-10,21H,11-12,14,31H2,1-2H3. The number of allylic oxidation sites excluding steroid dienone is 3. The van der Waals surface area contributed by atoms with Crippen LogP contribution in [0.5, 0.6) is 0 Å². The number of carbonyl (C=O) groups excluding carboxylic acids is 1. The SMILES string of the molecule is CC1(C)CC(=O)C2=C(C1)N(c1nnc(SCc3ccccc3)s1)C(N)=C(C#N)C2c1cccc(Cl)c1Cl. The fraction of sp³-hybridized carbons (Fsp3) is 0.259. The van der Waals surface area contributed by atoms with Gasteiger partial charge in [0, 0.05) is 23.4 Å². The van der Waals surface area contributed by atoms with Crippen LogP contribution in [0.25, 0.3) is 0 Å². The number of rotatable bonds is 5. The fourth-order valence-corrected chi connectivity index (χ4v) is 7.11. The number of halogens is 2. The molecular formula is C27H23Cl2N5OS2. The Bertz CT molecular complexity index is 1490. The van der Waals surface area contributed by atoms with E-state index in [2.05, 4.69) is 42.2 Å². The summed E-state index contributed by atoms with van der Waals surface area (Å²) in [7, 11) is 0. The highest BCUT2D eigenvalue weighted by atomic mass is 35.5. The summed E-state index contributed by atoms with van der Waals surface area (Å²) in [5.41, 5.74) is 9.65. The van der Waals surface area contributed by atoms with Crippen LogP contribution in [0.4, 0.5) is 5.13 Å². The molecule has 5 rings (SSSR count). The van der Waals surface area contributed by atoms with Crippen LogP contribution < -0.4 is 10.6 Å². The van der Waals surface area contributed by atoms with E-state index in [1.807, 2.05) is 18.2 Å². The third-order valence-electron chi connectivity index (χ3n) is 6.47. The number of anilines is 1. The van der Waals surface area contributed by atoms with Gasteiger partial charge in [0.2, 0.25) is 5.13 Å². The number of nitrogens with two attached hydrogens (primary N) is 1. The molecule has 2 N–H and O–H groups in total. The molecule has 3 aromatic rings. The fourth-order valence-electron chi connectivity index (χ4n) is 4.85. The minimum Gasteiger partial charge on any atom is -0.384 e. The van der Waals surface area contributed by atoms with Crippen molar-refractivity contribution in [2.24, 2.45) is 11.1 Å². The maximum absolute atomic E-state index is 13.7. The molecule has 1 aromatic heterocycles. The summed E-state index contributed by atoms with van der Waals surface area (Å²) in [5, 5.41) is 20.2. The van der Waals surface area contributed by atoms with Crippen molar-refractivity contribution in [3.05, 3.63) is 92.4 Å². The van der Waals surface area contributed by atoms with Crippen molar-refractivity contribution in [1.82, 2.24) is 10.2 Å². The van der Waals surface area contributed by atoms with E-state index in [9.17, 15) is 10.1 Å². The second-order valence-corrected chi connectivity index (χ2v) is 12.7. The number of benzene rings is 2. The maximum atomic E-state index is 13.7. The van der Waals surface area contributed by atoms with Gasteiger partial charge in [-0.1, -0.05) is 103 Å². The van der Waals surface area contributed by atoms with Crippen LogP contribution in [-0.2, 0) is 10.5 Å². The van der Waals surface area contributed by atoms with Crippen LogP contribution in [0, 0.1) is 16.7 Å².